The van der Waals surface area contributed by atoms with Crippen LogP contribution in [0.5, 0.6) is 0 Å². The number of nitrogens with one attached hydrogen (secondary N) is 1. The van der Waals surface area contributed by atoms with E-state index in [1.54, 1.807) is 12.1 Å². The summed E-state index contributed by atoms with van der Waals surface area (Å²) in [4.78, 5) is 0.307. The van der Waals surface area contributed by atoms with Crippen LogP contribution >= 0.6 is 0 Å². The van der Waals surface area contributed by atoms with Gasteiger partial charge in [-0.25, -0.2) is 8.42 Å². The van der Waals surface area contributed by atoms with E-state index in [1.165, 1.54) is 4.31 Å². The van der Waals surface area contributed by atoms with Gasteiger partial charge in [-0.15, -0.1) is 10.2 Å². The first-order chi connectivity index (χ1) is 14.0. The Labute approximate surface area is 171 Å². The summed E-state index contributed by atoms with van der Waals surface area (Å²) in [6, 6.07) is 16.6. The molecule has 7 nitrogen and oxygen atoms in total. The first-order valence-electron chi connectivity index (χ1n) is 9.67. The average molecular weight is 415 g/mol. The Morgan fingerprint density at radius 1 is 1.00 bits per heavy atom. The summed E-state index contributed by atoms with van der Waals surface area (Å²) in [5, 5.41) is 11.5. The minimum absolute atomic E-state index is 0.00715. The van der Waals surface area contributed by atoms with Crippen LogP contribution in [0, 0.1) is 0 Å². The Kier molecular flexibility index (Phi) is 6.79. The Hall–Kier alpha value is -2.55. The minimum atomic E-state index is -3.44. The van der Waals surface area contributed by atoms with Gasteiger partial charge < -0.3 is 9.73 Å². The van der Waals surface area contributed by atoms with E-state index >= 15 is 0 Å². The van der Waals surface area contributed by atoms with Crippen LogP contribution in [0.15, 0.2) is 63.9 Å². The highest BCUT2D eigenvalue weighted by Gasteiger charge is 2.21. The maximum Gasteiger partial charge on any atom is 0.247 e. The predicted molar refractivity (Wildman–Crippen MR) is 112 cm³/mol. The maximum atomic E-state index is 12.6. The topological polar surface area (TPSA) is 88.3 Å². The monoisotopic (exact) mass is 414 g/mol. The second-order valence-electron chi connectivity index (χ2n) is 6.63. The minimum Gasteiger partial charge on any atom is -0.419 e. The number of hydrogen-bond donors (Lipinski definition) is 1. The lowest BCUT2D eigenvalue weighted by molar-refractivity contribution is 0.445. The van der Waals surface area contributed by atoms with E-state index in [-0.39, 0.29) is 6.04 Å². The van der Waals surface area contributed by atoms with E-state index in [2.05, 4.69) is 15.5 Å². The zero-order valence-electron chi connectivity index (χ0n) is 16.9. The van der Waals surface area contributed by atoms with Gasteiger partial charge in [-0.2, -0.15) is 4.31 Å². The van der Waals surface area contributed by atoms with E-state index in [0.29, 0.717) is 36.3 Å². The van der Waals surface area contributed by atoms with Gasteiger partial charge in [-0.05, 0) is 36.8 Å². The number of nitrogens with zero attached hydrogens (tertiary/aromatic N) is 3. The fraction of sp³-hybridized carbons (Fsp3) is 0.333. The van der Waals surface area contributed by atoms with Crippen LogP contribution in [-0.4, -0.2) is 36.0 Å². The van der Waals surface area contributed by atoms with Crippen molar-refractivity contribution in [2.45, 2.75) is 38.3 Å². The van der Waals surface area contributed by atoms with E-state index < -0.39 is 10.0 Å². The summed E-state index contributed by atoms with van der Waals surface area (Å²) in [5.74, 6) is 0.984. The lowest BCUT2D eigenvalue weighted by Gasteiger charge is -2.19. The Balaban J connectivity index is 1.63. The number of benzene rings is 2. The maximum absolute atomic E-state index is 12.6. The van der Waals surface area contributed by atoms with Crippen LogP contribution < -0.4 is 5.32 Å². The molecular weight excluding hydrogens is 388 g/mol. The second-order valence-corrected chi connectivity index (χ2v) is 8.57. The highest BCUT2D eigenvalue weighted by atomic mass is 32.2. The molecule has 29 heavy (non-hydrogen) atoms. The molecule has 0 aliphatic carbocycles. The third kappa shape index (κ3) is 4.90. The Morgan fingerprint density at radius 2 is 1.66 bits per heavy atom. The van der Waals surface area contributed by atoms with Crippen molar-refractivity contribution in [3.8, 4) is 11.5 Å². The molecule has 0 fully saturated rings. The highest BCUT2D eigenvalue weighted by Crippen LogP contribution is 2.20. The molecule has 0 bridgehead atoms. The molecular formula is C21H26N4O3S. The molecule has 1 aromatic heterocycles. The third-order valence-electron chi connectivity index (χ3n) is 4.77. The molecule has 0 saturated heterocycles. The van der Waals surface area contributed by atoms with Gasteiger partial charge in [0.15, 0.2) is 0 Å². The molecule has 0 amide bonds. The van der Waals surface area contributed by atoms with Gasteiger partial charge >= 0.3 is 0 Å². The lowest BCUT2D eigenvalue weighted by atomic mass is 10.1. The Morgan fingerprint density at radius 3 is 2.28 bits per heavy atom. The molecule has 8 heteroatoms. The summed E-state index contributed by atoms with van der Waals surface area (Å²) < 4.78 is 32.3. The molecule has 1 atom stereocenters. The van der Waals surface area contributed by atoms with Crippen molar-refractivity contribution in [2.75, 3.05) is 13.1 Å². The fourth-order valence-electron chi connectivity index (χ4n) is 3.02. The molecule has 0 radical (unpaired) electrons. The van der Waals surface area contributed by atoms with Crippen LogP contribution in [0.1, 0.15) is 38.3 Å². The van der Waals surface area contributed by atoms with E-state index in [4.69, 9.17) is 4.42 Å². The summed E-state index contributed by atoms with van der Waals surface area (Å²) >= 11 is 0. The van der Waals surface area contributed by atoms with Crippen LogP contribution in [0.3, 0.4) is 0 Å². The normalized spacial score (nSPS) is 13.0. The molecule has 0 spiro atoms. The Bertz CT molecular complexity index is 1010. The van der Waals surface area contributed by atoms with Crippen molar-refractivity contribution in [1.29, 1.82) is 0 Å². The standard InChI is InChI=1S/C21H26N4O3S/c1-4-25(5-2)29(26,27)19-13-11-17(12-14-19)16(3)22-15-20-23-24-21(28-20)18-9-7-6-8-10-18/h6-14,16,22H,4-5,15H2,1-3H3/t16-/m1/s1. The van der Waals surface area contributed by atoms with E-state index in [0.717, 1.165) is 11.1 Å². The zero-order valence-corrected chi connectivity index (χ0v) is 17.7. The lowest BCUT2D eigenvalue weighted by Crippen LogP contribution is -2.30. The van der Waals surface area contributed by atoms with Crippen molar-refractivity contribution >= 4 is 10.0 Å². The van der Waals surface area contributed by atoms with Crippen molar-refractivity contribution in [3.63, 3.8) is 0 Å². The van der Waals surface area contributed by atoms with Crippen LogP contribution in [0.2, 0.25) is 0 Å². The molecule has 1 N–H and O–H groups in total. The van der Waals surface area contributed by atoms with Crippen LogP contribution in [0.4, 0.5) is 0 Å². The van der Waals surface area contributed by atoms with Crippen LogP contribution in [0.25, 0.3) is 11.5 Å². The molecule has 3 rings (SSSR count). The van der Waals surface area contributed by atoms with Gasteiger partial charge in [-0.3, -0.25) is 0 Å². The predicted octanol–water partition coefficient (Wildman–Crippen LogP) is 3.62. The van der Waals surface area contributed by atoms with Gasteiger partial charge in [0.25, 0.3) is 0 Å². The average Bonchev–Trinajstić information content (AvgIpc) is 3.22. The van der Waals surface area contributed by atoms with Crippen molar-refractivity contribution < 1.29 is 12.8 Å². The smallest absolute Gasteiger partial charge is 0.247 e. The largest absolute Gasteiger partial charge is 0.419 e. The fourth-order valence-corrected chi connectivity index (χ4v) is 4.48. The first kappa shape index (κ1) is 21.2. The van der Waals surface area contributed by atoms with Gasteiger partial charge in [-0.1, -0.05) is 44.2 Å². The molecule has 0 saturated carbocycles. The summed E-state index contributed by atoms with van der Waals surface area (Å²) in [7, 11) is -3.44. The molecule has 1 heterocycles. The summed E-state index contributed by atoms with van der Waals surface area (Å²) in [6.07, 6.45) is 0. The number of hydrogen-bond acceptors (Lipinski definition) is 6. The second kappa shape index (κ2) is 9.30. The molecule has 0 unspecified atom stereocenters. The third-order valence-corrected chi connectivity index (χ3v) is 6.83. The van der Waals surface area contributed by atoms with Gasteiger partial charge in [0.05, 0.1) is 11.4 Å². The number of sulfonamides is 1. The molecule has 0 aliphatic heterocycles. The number of aromatic nitrogens is 2. The summed E-state index contributed by atoms with van der Waals surface area (Å²) in [5.41, 5.74) is 1.86. The van der Waals surface area contributed by atoms with E-state index in [1.807, 2.05) is 63.2 Å². The molecule has 154 valence electrons. The summed E-state index contributed by atoms with van der Waals surface area (Å²) in [6.45, 7) is 6.99. The zero-order chi connectivity index (χ0) is 20.9. The van der Waals surface area contributed by atoms with E-state index in [9.17, 15) is 8.42 Å². The SMILES string of the molecule is CCN(CC)S(=O)(=O)c1ccc([C@@H](C)NCc2nnc(-c3ccccc3)o2)cc1. The van der Waals surface area contributed by atoms with Crippen LogP contribution in [-0.2, 0) is 16.6 Å². The first-order valence-corrected chi connectivity index (χ1v) is 11.1. The molecule has 0 aliphatic rings. The van der Waals surface area contributed by atoms with Crippen molar-refractivity contribution in [3.05, 3.63) is 66.1 Å². The van der Waals surface area contributed by atoms with Gasteiger partial charge in [0.1, 0.15) is 0 Å². The van der Waals surface area contributed by atoms with Crippen molar-refractivity contribution in [2.24, 2.45) is 0 Å². The van der Waals surface area contributed by atoms with Gasteiger partial charge in [0, 0.05) is 24.7 Å². The molecule has 2 aromatic carbocycles. The number of rotatable bonds is 9. The quantitative estimate of drug-likeness (QED) is 0.575. The molecule has 3 aromatic rings. The van der Waals surface area contributed by atoms with Gasteiger partial charge in [0.2, 0.25) is 21.8 Å². The van der Waals surface area contributed by atoms with Crippen molar-refractivity contribution in [1.82, 2.24) is 19.8 Å². The highest BCUT2D eigenvalue weighted by molar-refractivity contribution is 7.89.